The van der Waals surface area contributed by atoms with Gasteiger partial charge in [-0.2, -0.15) is 4.98 Å². The molecular formula is C30H39N5O5. The van der Waals surface area contributed by atoms with Gasteiger partial charge in [-0.1, -0.05) is 53.7 Å². The van der Waals surface area contributed by atoms with E-state index in [2.05, 4.69) is 44.4 Å². The molecule has 10 heteroatoms. The Balaban J connectivity index is 1.42. The lowest BCUT2D eigenvalue weighted by Crippen LogP contribution is -2.43. The van der Waals surface area contributed by atoms with Crippen molar-refractivity contribution in [2.45, 2.75) is 58.4 Å². The van der Waals surface area contributed by atoms with Crippen LogP contribution in [0, 0.1) is 0 Å². The number of carbonyl (C=O) groups is 2. The number of nitrogens with zero attached hydrogens (tertiary/aromatic N) is 4. The summed E-state index contributed by atoms with van der Waals surface area (Å²) in [5.74, 6) is 0.218. The van der Waals surface area contributed by atoms with Crippen LogP contribution < -0.4 is 5.32 Å². The van der Waals surface area contributed by atoms with Gasteiger partial charge in [0.1, 0.15) is 18.2 Å². The van der Waals surface area contributed by atoms with Gasteiger partial charge in [0.05, 0.1) is 0 Å². The Labute approximate surface area is 235 Å². The largest absolute Gasteiger partial charge is 0.461 e. The molecule has 3 aromatic rings. The minimum atomic E-state index is -0.728. The van der Waals surface area contributed by atoms with E-state index in [0.29, 0.717) is 5.82 Å². The molecule has 1 aromatic heterocycles. The van der Waals surface area contributed by atoms with Gasteiger partial charge in [-0.3, -0.25) is 9.69 Å². The average Bonchev–Trinajstić information content (AvgIpc) is 3.41. The normalized spacial score (nSPS) is 15.4. The number of esters is 1. The highest BCUT2D eigenvalue weighted by Crippen LogP contribution is 2.24. The van der Waals surface area contributed by atoms with Gasteiger partial charge in [0.2, 0.25) is 11.7 Å². The second kappa shape index (κ2) is 13.5. The van der Waals surface area contributed by atoms with E-state index in [-0.39, 0.29) is 25.3 Å². The maximum absolute atomic E-state index is 12.6. The summed E-state index contributed by atoms with van der Waals surface area (Å²) in [7, 11) is 2.14. The van der Waals surface area contributed by atoms with Crippen molar-refractivity contribution in [1.82, 2.24) is 25.3 Å². The standard InChI is InChI=1S/C30H39N5O5/c1-30(2,3)39-29(37)31-25(13-14-26(36)38-21-22-9-6-5-7-10-22)28-32-27(33-40-28)24-12-8-11-23(19-24)20-35-17-15-34(4)16-18-35/h5-12,19,25H,13-18,20-21H2,1-4H3,(H,31,37). The van der Waals surface area contributed by atoms with Crippen LogP contribution in [0.4, 0.5) is 4.79 Å². The average molecular weight is 550 g/mol. The lowest BCUT2D eigenvalue weighted by atomic mass is 10.1. The zero-order chi connectivity index (χ0) is 28.5. The fourth-order valence-corrected chi connectivity index (χ4v) is 4.35. The number of hydrogen-bond donors (Lipinski definition) is 1. The van der Waals surface area contributed by atoms with Crippen LogP contribution in [0.3, 0.4) is 0 Å². The van der Waals surface area contributed by atoms with Crippen LogP contribution in [-0.2, 0) is 27.4 Å². The Morgan fingerprint density at radius 3 is 2.48 bits per heavy atom. The van der Waals surface area contributed by atoms with E-state index in [1.54, 1.807) is 20.8 Å². The van der Waals surface area contributed by atoms with Gasteiger partial charge in [0.15, 0.2) is 0 Å². The van der Waals surface area contributed by atoms with Gasteiger partial charge < -0.3 is 24.2 Å². The van der Waals surface area contributed by atoms with Gasteiger partial charge in [-0.05, 0) is 51.4 Å². The van der Waals surface area contributed by atoms with Crippen LogP contribution in [0.2, 0.25) is 0 Å². The number of piperazine rings is 1. The summed E-state index contributed by atoms with van der Waals surface area (Å²) < 4.78 is 16.4. The summed E-state index contributed by atoms with van der Waals surface area (Å²) in [4.78, 5) is 34.4. The Morgan fingerprint density at radius 2 is 1.75 bits per heavy atom. The van der Waals surface area contributed by atoms with E-state index < -0.39 is 23.7 Å². The number of nitrogens with one attached hydrogen (secondary N) is 1. The molecule has 10 nitrogen and oxygen atoms in total. The molecule has 0 aliphatic carbocycles. The zero-order valence-electron chi connectivity index (χ0n) is 23.8. The smallest absolute Gasteiger partial charge is 0.408 e. The van der Waals surface area contributed by atoms with Gasteiger partial charge in [0.25, 0.3) is 0 Å². The van der Waals surface area contributed by atoms with Gasteiger partial charge in [-0.15, -0.1) is 0 Å². The fraction of sp³-hybridized carbons (Fsp3) is 0.467. The third-order valence-corrected chi connectivity index (χ3v) is 6.50. The molecular weight excluding hydrogens is 510 g/mol. The first-order valence-electron chi connectivity index (χ1n) is 13.7. The quantitative estimate of drug-likeness (QED) is 0.364. The molecule has 1 atom stereocenters. The van der Waals surface area contributed by atoms with E-state index in [0.717, 1.165) is 49.4 Å². The van der Waals surface area contributed by atoms with Crippen molar-refractivity contribution in [2.24, 2.45) is 0 Å². The maximum atomic E-state index is 12.6. The van der Waals surface area contributed by atoms with Gasteiger partial charge in [-0.25, -0.2) is 4.79 Å². The predicted molar refractivity (Wildman–Crippen MR) is 150 cm³/mol. The number of aromatic nitrogens is 2. The molecule has 4 rings (SSSR count). The van der Waals surface area contributed by atoms with E-state index in [4.69, 9.17) is 14.0 Å². The highest BCUT2D eigenvalue weighted by Gasteiger charge is 2.26. The van der Waals surface area contributed by atoms with E-state index in [9.17, 15) is 9.59 Å². The second-order valence-electron chi connectivity index (χ2n) is 11.1. The molecule has 1 unspecified atom stereocenters. The summed E-state index contributed by atoms with van der Waals surface area (Å²) in [6, 6.07) is 16.8. The summed E-state index contributed by atoms with van der Waals surface area (Å²) in [6.07, 6.45) is -0.382. The van der Waals surface area contributed by atoms with Crippen molar-refractivity contribution in [3.8, 4) is 11.4 Å². The minimum Gasteiger partial charge on any atom is -0.461 e. The molecule has 214 valence electrons. The number of alkyl carbamates (subject to hydrolysis) is 1. The molecule has 2 heterocycles. The first kappa shape index (κ1) is 29.2. The van der Waals surface area contributed by atoms with E-state index in [1.807, 2.05) is 42.5 Å². The molecule has 1 aliphatic rings. The maximum Gasteiger partial charge on any atom is 0.408 e. The van der Waals surface area contributed by atoms with Crippen molar-refractivity contribution < 1.29 is 23.6 Å². The second-order valence-corrected chi connectivity index (χ2v) is 11.1. The number of rotatable bonds is 10. The highest BCUT2D eigenvalue weighted by molar-refractivity contribution is 5.70. The molecule has 1 fully saturated rings. The molecule has 0 spiro atoms. The summed E-state index contributed by atoms with van der Waals surface area (Å²) in [5, 5.41) is 6.95. The van der Waals surface area contributed by atoms with Crippen LogP contribution in [0.15, 0.2) is 59.1 Å². The molecule has 1 aliphatic heterocycles. The van der Waals surface area contributed by atoms with Crippen LogP contribution in [0.25, 0.3) is 11.4 Å². The summed E-state index contributed by atoms with van der Waals surface area (Å²) >= 11 is 0. The number of amides is 1. The molecule has 1 saturated heterocycles. The number of ether oxygens (including phenoxy) is 2. The fourth-order valence-electron chi connectivity index (χ4n) is 4.35. The van der Waals surface area contributed by atoms with E-state index in [1.165, 1.54) is 0 Å². The molecule has 1 amide bonds. The lowest BCUT2D eigenvalue weighted by molar-refractivity contribution is -0.145. The lowest BCUT2D eigenvalue weighted by Gasteiger charge is -2.32. The number of carbonyl (C=O) groups excluding carboxylic acids is 2. The molecule has 1 N–H and O–H groups in total. The third kappa shape index (κ3) is 9.17. The Hall–Kier alpha value is -3.76. The van der Waals surface area contributed by atoms with Crippen molar-refractivity contribution in [2.75, 3.05) is 33.2 Å². The molecule has 40 heavy (non-hydrogen) atoms. The first-order valence-corrected chi connectivity index (χ1v) is 13.7. The van der Waals surface area contributed by atoms with Crippen LogP contribution in [0.1, 0.15) is 56.7 Å². The SMILES string of the molecule is CN1CCN(Cc2cccc(-c3noc(C(CCC(=O)OCc4ccccc4)NC(=O)OC(C)(C)C)n3)c2)CC1. The summed E-state index contributed by atoms with van der Waals surface area (Å²) in [5.41, 5.74) is 2.20. The molecule has 0 radical (unpaired) electrons. The Bertz CT molecular complexity index is 1250. The highest BCUT2D eigenvalue weighted by atomic mass is 16.6. The monoisotopic (exact) mass is 549 g/mol. The van der Waals surface area contributed by atoms with Crippen LogP contribution >= 0.6 is 0 Å². The third-order valence-electron chi connectivity index (χ3n) is 6.50. The van der Waals surface area contributed by atoms with Crippen molar-refractivity contribution in [3.05, 3.63) is 71.6 Å². The van der Waals surface area contributed by atoms with E-state index >= 15 is 0 Å². The van der Waals surface area contributed by atoms with Crippen LogP contribution in [-0.4, -0.2) is 70.8 Å². The summed E-state index contributed by atoms with van der Waals surface area (Å²) in [6.45, 7) is 10.5. The van der Waals surface area contributed by atoms with Crippen molar-refractivity contribution >= 4 is 12.1 Å². The Morgan fingerprint density at radius 1 is 1.02 bits per heavy atom. The first-order chi connectivity index (χ1) is 19.1. The van der Waals surface area contributed by atoms with Crippen LogP contribution in [0.5, 0.6) is 0 Å². The Kier molecular flexibility index (Phi) is 9.89. The molecule has 2 aromatic carbocycles. The zero-order valence-corrected chi connectivity index (χ0v) is 23.8. The minimum absolute atomic E-state index is 0.0471. The number of benzene rings is 2. The number of likely N-dealkylation sites (N-methyl/N-ethyl adjacent to an activating group) is 1. The predicted octanol–water partition coefficient (Wildman–Crippen LogP) is 4.57. The van der Waals surface area contributed by atoms with Crippen molar-refractivity contribution in [3.63, 3.8) is 0 Å². The van der Waals surface area contributed by atoms with Gasteiger partial charge in [0, 0.05) is 44.7 Å². The molecule has 0 saturated carbocycles. The van der Waals surface area contributed by atoms with Gasteiger partial charge >= 0.3 is 12.1 Å². The molecule has 0 bridgehead atoms. The number of hydrogen-bond acceptors (Lipinski definition) is 9. The van der Waals surface area contributed by atoms with Crippen molar-refractivity contribution in [1.29, 1.82) is 0 Å². The topological polar surface area (TPSA) is 110 Å².